The first-order valence-corrected chi connectivity index (χ1v) is 12.0. The van der Waals surface area contributed by atoms with Crippen LogP contribution in [0.4, 0.5) is 20.7 Å². The molecule has 2 heterocycles. The minimum absolute atomic E-state index is 0.0281. The van der Waals surface area contributed by atoms with E-state index in [1.165, 1.54) is 17.0 Å². The quantitative estimate of drug-likeness (QED) is 0.312. The van der Waals surface area contributed by atoms with Crippen LogP contribution in [-0.2, 0) is 0 Å². The molecule has 1 aliphatic heterocycles. The number of fused-ring (bicyclic) bond motifs is 1. The molecule has 0 bridgehead atoms. The largest absolute Gasteiger partial charge is 0.496 e. The highest BCUT2D eigenvalue weighted by atomic mass is 35.5. The number of nitrogens with one attached hydrogen (secondary N) is 1. The van der Waals surface area contributed by atoms with Crippen molar-refractivity contribution in [1.82, 2.24) is 9.55 Å². The van der Waals surface area contributed by atoms with E-state index in [9.17, 15) is 10.1 Å². The molecule has 5 rings (SSSR count). The molecule has 0 radical (unpaired) electrons. The molecule has 2 amide bonds. The summed E-state index contributed by atoms with van der Waals surface area (Å²) < 4.78 is 23.0. The minimum Gasteiger partial charge on any atom is -0.496 e. The first-order valence-electron chi connectivity index (χ1n) is 11.7. The van der Waals surface area contributed by atoms with E-state index in [0.29, 0.717) is 34.2 Å². The number of aromatic nitrogens is 2. The van der Waals surface area contributed by atoms with Crippen LogP contribution in [-0.4, -0.2) is 22.7 Å². The summed E-state index contributed by atoms with van der Waals surface area (Å²) in [6, 6.07) is 19.6. The van der Waals surface area contributed by atoms with Crippen LogP contribution in [0.1, 0.15) is 42.8 Å². The molecule has 1 atom stereocenters. The number of hydrogen-bond acceptors (Lipinski definition) is 4. The topological polar surface area (TPSA) is 83.2 Å². The van der Waals surface area contributed by atoms with Gasteiger partial charge in [-0.15, -0.1) is 0 Å². The Hall–Kier alpha value is -4.35. The van der Waals surface area contributed by atoms with Gasteiger partial charge in [-0.1, -0.05) is 41.9 Å². The molecule has 7 nitrogen and oxygen atoms in total. The second kappa shape index (κ2) is 9.60. The van der Waals surface area contributed by atoms with E-state index < -0.39 is 17.9 Å². The van der Waals surface area contributed by atoms with Crippen molar-refractivity contribution < 1.29 is 13.9 Å². The molecule has 1 aromatic heterocycles. The van der Waals surface area contributed by atoms with Gasteiger partial charge in [0.15, 0.2) is 11.6 Å². The van der Waals surface area contributed by atoms with Crippen molar-refractivity contribution in [2.45, 2.75) is 25.9 Å². The van der Waals surface area contributed by atoms with E-state index in [-0.39, 0.29) is 16.8 Å². The van der Waals surface area contributed by atoms with Crippen LogP contribution in [0, 0.1) is 17.1 Å². The molecular formula is C28H23ClFN5O2. The lowest BCUT2D eigenvalue weighted by Gasteiger charge is -2.37. The third-order valence-electron chi connectivity index (χ3n) is 6.32. The van der Waals surface area contributed by atoms with Crippen LogP contribution in [0.5, 0.6) is 5.75 Å². The average Bonchev–Trinajstić information content (AvgIpc) is 3.28. The van der Waals surface area contributed by atoms with Gasteiger partial charge < -0.3 is 9.30 Å². The number of ether oxygens (including phenoxy) is 1. The third kappa shape index (κ3) is 4.07. The number of urea groups is 1. The van der Waals surface area contributed by atoms with E-state index >= 15 is 4.39 Å². The molecule has 1 unspecified atom stereocenters. The Kier molecular flexibility index (Phi) is 6.32. The van der Waals surface area contributed by atoms with Gasteiger partial charge >= 0.3 is 6.03 Å². The predicted molar refractivity (Wildman–Crippen MR) is 141 cm³/mol. The van der Waals surface area contributed by atoms with E-state index in [0.717, 1.165) is 5.56 Å². The summed E-state index contributed by atoms with van der Waals surface area (Å²) in [5.74, 6) is 0.894. The maximum Gasteiger partial charge on any atom is 0.328 e. The summed E-state index contributed by atoms with van der Waals surface area (Å²) in [6.07, 6.45) is 0. The van der Waals surface area contributed by atoms with Crippen LogP contribution < -0.4 is 15.0 Å². The van der Waals surface area contributed by atoms with Gasteiger partial charge in [-0.25, -0.2) is 14.2 Å². The lowest BCUT2D eigenvalue weighted by Crippen LogP contribution is -2.44. The number of hydrogen-bond donors (Lipinski definition) is 1. The number of halogens is 2. The summed E-state index contributed by atoms with van der Waals surface area (Å²) in [5, 5.41) is 12.1. The highest BCUT2D eigenvalue weighted by Crippen LogP contribution is 2.45. The maximum absolute atomic E-state index is 15.3. The van der Waals surface area contributed by atoms with Crippen molar-refractivity contribution in [3.05, 3.63) is 94.4 Å². The van der Waals surface area contributed by atoms with Crippen molar-refractivity contribution >= 4 is 29.1 Å². The molecule has 1 aliphatic rings. The summed E-state index contributed by atoms with van der Waals surface area (Å²) in [6.45, 7) is 4.02. The number of nitriles is 1. The van der Waals surface area contributed by atoms with Crippen LogP contribution in [0.2, 0.25) is 5.02 Å². The summed E-state index contributed by atoms with van der Waals surface area (Å²) >= 11 is 6.11. The number of carbonyl (C=O) groups excluding carboxylic acids is 1. The fraction of sp³-hybridized carbons (Fsp3) is 0.179. The molecule has 0 saturated heterocycles. The second-order valence-corrected chi connectivity index (χ2v) is 9.25. The molecule has 0 aliphatic carbocycles. The molecule has 186 valence electrons. The highest BCUT2D eigenvalue weighted by Gasteiger charge is 2.41. The zero-order valence-electron chi connectivity index (χ0n) is 20.4. The third-order valence-corrected chi connectivity index (χ3v) is 6.61. The number of amides is 2. The zero-order chi connectivity index (χ0) is 26.3. The van der Waals surface area contributed by atoms with E-state index in [4.69, 9.17) is 21.3 Å². The van der Waals surface area contributed by atoms with E-state index in [1.807, 2.05) is 42.7 Å². The van der Waals surface area contributed by atoms with Crippen LogP contribution in [0.3, 0.4) is 0 Å². The van der Waals surface area contributed by atoms with Crippen molar-refractivity contribution in [3.63, 3.8) is 0 Å². The van der Waals surface area contributed by atoms with Crippen molar-refractivity contribution in [1.29, 1.82) is 5.26 Å². The lowest BCUT2D eigenvalue weighted by atomic mass is 9.97. The molecule has 0 spiro atoms. The molecule has 0 saturated carbocycles. The Morgan fingerprint density at radius 1 is 1.11 bits per heavy atom. The first-order chi connectivity index (χ1) is 17.8. The number of methoxy groups -OCH3 is 1. The van der Waals surface area contributed by atoms with Gasteiger partial charge in [0.1, 0.15) is 17.6 Å². The number of benzene rings is 3. The van der Waals surface area contributed by atoms with Gasteiger partial charge in [0.2, 0.25) is 0 Å². The monoisotopic (exact) mass is 515 g/mol. The summed E-state index contributed by atoms with van der Waals surface area (Å²) in [5.41, 5.74) is 2.60. The summed E-state index contributed by atoms with van der Waals surface area (Å²) in [7, 11) is 1.59. The number of para-hydroxylation sites is 1. The number of imidazole rings is 1. The van der Waals surface area contributed by atoms with Gasteiger partial charge in [-0.3, -0.25) is 10.2 Å². The molecule has 4 aromatic rings. The van der Waals surface area contributed by atoms with Gasteiger partial charge in [0, 0.05) is 6.04 Å². The smallest absolute Gasteiger partial charge is 0.328 e. The SMILES string of the molecule is COc1ccccc1-c1nc2c(n1C(C)C)C(c1ccc(C#N)cc1)N(c1cccc(Cl)c1F)C(=O)N2. The fourth-order valence-electron chi connectivity index (χ4n) is 4.72. The fourth-order valence-corrected chi connectivity index (χ4v) is 4.89. The highest BCUT2D eigenvalue weighted by molar-refractivity contribution is 6.31. The Morgan fingerprint density at radius 2 is 1.84 bits per heavy atom. The number of carbonyl (C=O) groups is 1. The number of anilines is 2. The molecule has 9 heteroatoms. The molecule has 3 aromatic carbocycles. The Bertz CT molecular complexity index is 1540. The van der Waals surface area contributed by atoms with Gasteiger partial charge in [0.05, 0.1) is 40.7 Å². The molecule has 37 heavy (non-hydrogen) atoms. The second-order valence-electron chi connectivity index (χ2n) is 8.84. The summed E-state index contributed by atoms with van der Waals surface area (Å²) in [4.78, 5) is 19.7. The average molecular weight is 516 g/mol. The Labute approximate surface area is 218 Å². The molecule has 1 N–H and O–H groups in total. The lowest BCUT2D eigenvalue weighted by molar-refractivity contribution is 0.254. The van der Waals surface area contributed by atoms with Crippen LogP contribution in [0.15, 0.2) is 66.7 Å². The standard InChI is InChI=1S/C28H23ClFN5O2/c1-16(2)34-25-24(18-13-11-17(15-31)12-14-18)35(21-9-6-8-20(29)23(21)30)28(36)33-26(25)32-27(34)19-7-4-5-10-22(19)37-3/h4-14,16,24H,1-3H3,(H,33,36). The van der Waals surface area contributed by atoms with Gasteiger partial charge in [-0.05, 0) is 55.8 Å². The normalized spacial score (nSPS) is 14.8. The maximum atomic E-state index is 15.3. The van der Waals surface area contributed by atoms with Crippen molar-refractivity contribution in [2.75, 3.05) is 17.3 Å². The van der Waals surface area contributed by atoms with Gasteiger partial charge in [-0.2, -0.15) is 5.26 Å². The Morgan fingerprint density at radius 3 is 2.51 bits per heavy atom. The zero-order valence-corrected chi connectivity index (χ0v) is 21.1. The van der Waals surface area contributed by atoms with Gasteiger partial charge in [0.25, 0.3) is 0 Å². The van der Waals surface area contributed by atoms with E-state index in [2.05, 4.69) is 11.4 Å². The minimum atomic E-state index is -0.761. The van der Waals surface area contributed by atoms with Crippen LogP contribution in [0.25, 0.3) is 11.4 Å². The van der Waals surface area contributed by atoms with E-state index in [1.54, 1.807) is 37.4 Å². The van der Waals surface area contributed by atoms with Crippen LogP contribution >= 0.6 is 11.6 Å². The van der Waals surface area contributed by atoms with Crippen molar-refractivity contribution in [3.8, 4) is 23.2 Å². The number of nitrogens with zero attached hydrogens (tertiary/aromatic N) is 4. The molecule has 0 fully saturated rings. The Balaban J connectivity index is 1.82. The van der Waals surface area contributed by atoms with Crippen molar-refractivity contribution in [2.24, 2.45) is 0 Å². The first kappa shape index (κ1) is 24.3. The number of rotatable bonds is 5. The predicted octanol–water partition coefficient (Wildman–Crippen LogP) is 6.95. The molecular weight excluding hydrogens is 493 g/mol.